The van der Waals surface area contributed by atoms with Crippen LogP contribution in [0.1, 0.15) is 36.6 Å². The molecule has 28 heavy (non-hydrogen) atoms. The highest BCUT2D eigenvalue weighted by Crippen LogP contribution is 2.29. The van der Waals surface area contributed by atoms with Gasteiger partial charge in [-0.15, -0.1) is 0 Å². The van der Waals surface area contributed by atoms with E-state index in [0.29, 0.717) is 17.1 Å². The van der Waals surface area contributed by atoms with Gasteiger partial charge in [0.1, 0.15) is 5.75 Å². The number of esters is 1. The lowest BCUT2D eigenvalue weighted by molar-refractivity contribution is 0.0734. The first-order valence-electron chi connectivity index (χ1n) is 8.61. The standard InChI is InChI=1S/C22H16N2O4/c1-13-2-7-16(8-3-13)24-20(25)18-11-4-14(12-19(18)21(24)26)22(27)28-17-9-5-15(23)6-10-17/h2-12H,23H2,1H3. The molecule has 1 aliphatic rings. The molecule has 3 aromatic rings. The van der Waals surface area contributed by atoms with Crippen molar-refractivity contribution in [2.45, 2.75) is 6.92 Å². The van der Waals surface area contributed by atoms with Gasteiger partial charge in [0.05, 0.1) is 22.4 Å². The van der Waals surface area contributed by atoms with Gasteiger partial charge in [0.15, 0.2) is 0 Å². The molecule has 0 atom stereocenters. The largest absolute Gasteiger partial charge is 0.423 e. The van der Waals surface area contributed by atoms with E-state index < -0.39 is 17.8 Å². The van der Waals surface area contributed by atoms with Gasteiger partial charge in [0.2, 0.25) is 0 Å². The highest BCUT2D eigenvalue weighted by Gasteiger charge is 2.37. The normalized spacial score (nSPS) is 12.8. The second kappa shape index (κ2) is 6.66. The van der Waals surface area contributed by atoms with E-state index in [9.17, 15) is 14.4 Å². The monoisotopic (exact) mass is 372 g/mol. The van der Waals surface area contributed by atoms with Crippen molar-refractivity contribution in [3.63, 3.8) is 0 Å². The molecule has 6 heteroatoms. The van der Waals surface area contributed by atoms with Crippen molar-refractivity contribution >= 4 is 29.2 Å². The van der Waals surface area contributed by atoms with E-state index in [-0.39, 0.29) is 16.7 Å². The van der Waals surface area contributed by atoms with Crippen molar-refractivity contribution in [3.8, 4) is 5.75 Å². The quantitative estimate of drug-likeness (QED) is 0.328. The molecule has 1 heterocycles. The summed E-state index contributed by atoms with van der Waals surface area (Å²) in [7, 11) is 0. The van der Waals surface area contributed by atoms with E-state index in [2.05, 4.69) is 0 Å². The van der Waals surface area contributed by atoms with Crippen LogP contribution in [0.15, 0.2) is 66.7 Å². The Hall–Kier alpha value is -3.93. The zero-order chi connectivity index (χ0) is 19.8. The summed E-state index contributed by atoms with van der Waals surface area (Å²) in [6, 6.07) is 17.8. The molecule has 0 aromatic heterocycles. The number of hydrogen-bond acceptors (Lipinski definition) is 5. The van der Waals surface area contributed by atoms with Crippen molar-refractivity contribution in [1.29, 1.82) is 0 Å². The van der Waals surface area contributed by atoms with Crippen molar-refractivity contribution in [2.24, 2.45) is 0 Å². The fourth-order valence-electron chi connectivity index (χ4n) is 3.00. The van der Waals surface area contributed by atoms with Crippen LogP contribution in [-0.4, -0.2) is 17.8 Å². The Labute approximate surface area is 161 Å². The first-order valence-corrected chi connectivity index (χ1v) is 8.61. The predicted octanol–water partition coefficient (Wildman–Crippen LogP) is 3.60. The summed E-state index contributed by atoms with van der Waals surface area (Å²) in [6.07, 6.45) is 0. The molecule has 0 fully saturated rings. The summed E-state index contributed by atoms with van der Waals surface area (Å²) in [5.74, 6) is -1.17. The maximum absolute atomic E-state index is 12.8. The van der Waals surface area contributed by atoms with Crippen LogP contribution >= 0.6 is 0 Å². The van der Waals surface area contributed by atoms with Gasteiger partial charge in [-0.05, 0) is 61.5 Å². The number of imide groups is 1. The topological polar surface area (TPSA) is 89.7 Å². The lowest BCUT2D eigenvalue weighted by Crippen LogP contribution is -2.29. The van der Waals surface area contributed by atoms with E-state index in [1.807, 2.05) is 19.1 Å². The lowest BCUT2D eigenvalue weighted by Gasteiger charge is -2.13. The smallest absolute Gasteiger partial charge is 0.343 e. The molecule has 6 nitrogen and oxygen atoms in total. The van der Waals surface area contributed by atoms with E-state index in [4.69, 9.17) is 10.5 Å². The van der Waals surface area contributed by atoms with Crippen LogP contribution in [0.25, 0.3) is 0 Å². The molecule has 0 spiro atoms. The first-order chi connectivity index (χ1) is 13.4. The average Bonchev–Trinajstić information content (AvgIpc) is 2.94. The van der Waals surface area contributed by atoms with Crippen LogP contribution in [0.3, 0.4) is 0 Å². The number of nitrogens with two attached hydrogens (primary N) is 1. The maximum atomic E-state index is 12.8. The third-order valence-electron chi connectivity index (χ3n) is 4.51. The number of carbonyl (C=O) groups excluding carboxylic acids is 3. The molecule has 1 aliphatic heterocycles. The van der Waals surface area contributed by atoms with Crippen LogP contribution in [0, 0.1) is 6.92 Å². The number of nitrogens with zero attached hydrogens (tertiary/aromatic N) is 1. The Morgan fingerprint density at radius 1 is 0.857 bits per heavy atom. The van der Waals surface area contributed by atoms with Crippen LogP contribution in [0.2, 0.25) is 0 Å². The summed E-state index contributed by atoms with van der Waals surface area (Å²) < 4.78 is 5.30. The summed E-state index contributed by atoms with van der Waals surface area (Å²) >= 11 is 0. The van der Waals surface area contributed by atoms with Crippen molar-refractivity contribution in [1.82, 2.24) is 0 Å². The minimum atomic E-state index is -0.624. The minimum absolute atomic E-state index is 0.178. The average molecular weight is 372 g/mol. The maximum Gasteiger partial charge on any atom is 0.343 e. The van der Waals surface area contributed by atoms with Crippen LogP contribution < -0.4 is 15.4 Å². The third-order valence-corrected chi connectivity index (χ3v) is 4.51. The van der Waals surface area contributed by atoms with Gasteiger partial charge < -0.3 is 10.5 Å². The minimum Gasteiger partial charge on any atom is -0.423 e. The molecule has 0 saturated carbocycles. The highest BCUT2D eigenvalue weighted by atomic mass is 16.5. The second-order valence-corrected chi connectivity index (χ2v) is 6.50. The van der Waals surface area contributed by atoms with Crippen LogP contribution in [0.5, 0.6) is 5.75 Å². The van der Waals surface area contributed by atoms with Gasteiger partial charge in [-0.3, -0.25) is 9.59 Å². The van der Waals surface area contributed by atoms with Crippen LogP contribution in [0.4, 0.5) is 11.4 Å². The molecule has 0 radical (unpaired) electrons. The number of fused-ring (bicyclic) bond motifs is 1. The Kier molecular flexibility index (Phi) is 4.16. The first kappa shape index (κ1) is 17.5. The molecule has 2 amide bonds. The van der Waals surface area contributed by atoms with Crippen molar-refractivity contribution in [3.05, 3.63) is 89.0 Å². The molecule has 0 bridgehead atoms. The number of carbonyl (C=O) groups is 3. The molecule has 2 N–H and O–H groups in total. The summed E-state index contributed by atoms with van der Waals surface area (Å²) in [6.45, 7) is 1.92. The highest BCUT2D eigenvalue weighted by molar-refractivity contribution is 6.34. The Morgan fingerprint density at radius 3 is 2.18 bits per heavy atom. The number of hydrogen-bond donors (Lipinski definition) is 1. The molecule has 4 rings (SSSR count). The Morgan fingerprint density at radius 2 is 1.50 bits per heavy atom. The van der Waals surface area contributed by atoms with Crippen molar-refractivity contribution in [2.75, 3.05) is 10.6 Å². The third kappa shape index (κ3) is 3.01. The Bertz CT molecular complexity index is 1100. The predicted molar refractivity (Wildman–Crippen MR) is 105 cm³/mol. The van der Waals surface area contributed by atoms with E-state index in [1.54, 1.807) is 36.4 Å². The molecule has 0 aliphatic carbocycles. The van der Waals surface area contributed by atoms with Gasteiger partial charge in [-0.2, -0.15) is 0 Å². The molecule has 0 unspecified atom stereocenters. The van der Waals surface area contributed by atoms with Gasteiger partial charge in [-0.25, -0.2) is 9.69 Å². The van der Waals surface area contributed by atoms with E-state index in [0.717, 1.165) is 10.5 Å². The van der Waals surface area contributed by atoms with Gasteiger partial charge in [0.25, 0.3) is 11.8 Å². The van der Waals surface area contributed by atoms with Gasteiger partial charge in [0, 0.05) is 5.69 Å². The number of rotatable bonds is 3. The molecular weight excluding hydrogens is 356 g/mol. The number of nitrogen functional groups attached to an aromatic ring is 1. The fourth-order valence-corrected chi connectivity index (χ4v) is 3.00. The molecular formula is C22H16N2O4. The van der Waals surface area contributed by atoms with Crippen LogP contribution in [-0.2, 0) is 0 Å². The number of amides is 2. The van der Waals surface area contributed by atoms with E-state index >= 15 is 0 Å². The SMILES string of the molecule is Cc1ccc(N2C(=O)c3ccc(C(=O)Oc4ccc(N)cc4)cc3C2=O)cc1. The number of ether oxygens (including phenoxy) is 1. The summed E-state index contributed by atoms with van der Waals surface area (Å²) in [5, 5.41) is 0. The number of aryl methyl sites for hydroxylation is 1. The van der Waals surface area contributed by atoms with Gasteiger partial charge in [-0.1, -0.05) is 17.7 Å². The molecule has 0 saturated heterocycles. The molecule has 138 valence electrons. The fraction of sp³-hybridized carbons (Fsp3) is 0.0455. The lowest BCUT2D eigenvalue weighted by atomic mass is 10.1. The van der Waals surface area contributed by atoms with E-state index in [1.165, 1.54) is 18.2 Å². The zero-order valence-electron chi connectivity index (χ0n) is 15.0. The summed E-state index contributed by atoms with van der Waals surface area (Å²) in [4.78, 5) is 39.0. The second-order valence-electron chi connectivity index (χ2n) is 6.50. The van der Waals surface area contributed by atoms with Crippen molar-refractivity contribution < 1.29 is 19.1 Å². The molecule has 3 aromatic carbocycles. The Balaban J connectivity index is 1.62. The van der Waals surface area contributed by atoms with Gasteiger partial charge >= 0.3 is 5.97 Å². The summed E-state index contributed by atoms with van der Waals surface area (Å²) in [5.41, 5.74) is 8.30. The number of anilines is 2. The number of benzene rings is 3. The zero-order valence-corrected chi connectivity index (χ0v) is 15.0.